The van der Waals surface area contributed by atoms with E-state index in [-0.39, 0.29) is 0 Å². The lowest BCUT2D eigenvalue weighted by Gasteiger charge is -2.20. The van der Waals surface area contributed by atoms with Gasteiger partial charge in [0.25, 0.3) is 0 Å². The Morgan fingerprint density at radius 2 is 1.95 bits per heavy atom. The first kappa shape index (κ1) is 15.5. The van der Waals surface area contributed by atoms with E-state index in [1.807, 2.05) is 59.6 Å². The second-order valence-electron chi connectivity index (χ2n) is 4.98. The summed E-state index contributed by atoms with van der Waals surface area (Å²) in [4.78, 5) is 0. The van der Waals surface area contributed by atoms with Crippen molar-refractivity contribution in [2.75, 3.05) is 6.54 Å². The van der Waals surface area contributed by atoms with Gasteiger partial charge in [0.1, 0.15) is 0 Å². The predicted octanol–water partition coefficient (Wildman–Crippen LogP) is 3.56. The van der Waals surface area contributed by atoms with Gasteiger partial charge in [-0.15, -0.1) is 0 Å². The van der Waals surface area contributed by atoms with Gasteiger partial charge in [-0.2, -0.15) is 5.10 Å². The number of hydrogen-bond donors (Lipinski definition) is 1. The van der Waals surface area contributed by atoms with Crippen LogP contribution in [-0.4, -0.2) is 29.0 Å². The van der Waals surface area contributed by atoms with Crippen LogP contribution < -0.4 is 0 Å². The van der Waals surface area contributed by atoms with E-state index in [0.717, 1.165) is 11.1 Å². The van der Waals surface area contributed by atoms with Crippen LogP contribution in [0.15, 0.2) is 59.7 Å². The third-order valence-electron chi connectivity index (χ3n) is 2.90. The molecule has 0 fully saturated rings. The molecule has 2 aromatic carbocycles. The molecule has 0 aliphatic rings. The van der Waals surface area contributed by atoms with Gasteiger partial charge in [0.05, 0.1) is 25.4 Å². The normalized spacial score (nSPS) is 12.5. The second-order valence-corrected chi connectivity index (χ2v) is 5.42. The molecule has 0 aliphatic carbocycles. The van der Waals surface area contributed by atoms with Crippen molar-refractivity contribution >= 4 is 17.8 Å². The average molecular weight is 303 g/mol. The highest BCUT2D eigenvalue weighted by molar-refractivity contribution is 6.30. The van der Waals surface area contributed by atoms with E-state index in [9.17, 15) is 5.11 Å². The summed E-state index contributed by atoms with van der Waals surface area (Å²) >= 11 is 5.96. The number of nitrogens with zero attached hydrogens (tertiary/aromatic N) is 2. The first-order valence-corrected chi connectivity index (χ1v) is 7.28. The number of rotatable bonds is 6. The molecule has 21 heavy (non-hydrogen) atoms. The number of aliphatic hydroxyl groups excluding tert-OH is 1. The maximum absolute atomic E-state index is 9.61. The van der Waals surface area contributed by atoms with Crippen LogP contribution in [0.3, 0.4) is 0 Å². The van der Waals surface area contributed by atoms with Gasteiger partial charge >= 0.3 is 0 Å². The van der Waals surface area contributed by atoms with E-state index in [1.165, 1.54) is 0 Å². The van der Waals surface area contributed by atoms with Crippen molar-refractivity contribution in [2.45, 2.75) is 19.6 Å². The zero-order valence-electron chi connectivity index (χ0n) is 12.0. The van der Waals surface area contributed by atoms with Crippen molar-refractivity contribution in [1.29, 1.82) is 0 Å². The molecule has 3 nitrogen and oxygen atoms in total. The summed E-state index contributed by atoms with van der Waals surface area (Å²) < 4.78 is 0. The fourth-order valence-corrected chi connectivity index (χ4v) is 2.19. The van der Waals surface area contributed by atoms with Crippen molar-refractivity contribution in [2.24, 2.45) is 5.10 Å². The highest BCUT2D eigenvalue weighted by Crippen LogP contribution is 2.10. The van der Waals surface area contributed by atoms with Gasteiger partial charge < -0.3 is 5.11 Å². The first-order chi connectivity index (χ1) is 10.1. The molecule has 0 spiro atoms. The lowest BCUT2D eigenvalue weighted by Crippen LogP contribution is -2.26. The zero-order chi connectivity index (χ0) is 15.1. The summed E-state index contributed by atoms with van der Waals surface area (Å²) in [6.07, 6.45) is 1.32. The summed E-state index contributed by atoms with van der Waals surface area (Å²) in [6, 6.07) is 17.6. The zero-order valence-corrected chi connectivity index (χ0v) is 12.7. The molecule has 0 bridgehead atoms. The van der Waals surface area contributed by atoms with Crippen LogP contribution in [0.1, 0.15) is 18.1 Å². The Balaban J connectivity index is 2.09. The van der Waals surface area contributed by atoms with Crippen molar-refractivity contribution < 1.29 is 5.11 Å². The van der Waals surface area contributed by atoms with E-state index in [2.05, 4.69) is 5.10 Å². The lowest BCUT2D eigenvalue weighted by atomic mass is 10.2. The highest BCUT2D eigenvalue weighted by Gasteiger charge is 2.06. The molecular formula is C17H19ClN2O. The Kier molecular flexibility index (Phi) is 5.78. The Bertz CT molecular complexity index is 584. The number of aliphatic hydroxyl groups is 1. The van der Waals surface area contributed by atoms with Gasteiger partial charge in [0.15, 0.2) is 0 Å². The van der Waals surface area contributed by atoms with Gasteiger partial charge in [-0.25, -0.2) is 0 Å². The van der Waals surface area contributed by atoms with Crippen molar-refractivity contribution in [3.05, 3.63) is 70.7 Å². The van der Waals surface area contributed by atoms with E-state index >= 15 is 0 Å². The smallest absolute Gasteiger partial charge is 0.0703 e. The molecule has 0 radical (unpaired) electrons. The van der Waals surface area contributed by atoms with Crippen LogP contribution >= 0.6 is 11.6 Å². The molecule has 1 atom stereocenters. The number of halogens is 1. The monoisotopic (exact) mass is 302 g/mol. The molecule has 0 aromatic heterocycles. The summed E-state index contributed by atoms with van der Waals surface area (Å²) in [5, 5.41) is 16.6. The molecule has 2 aromatic rings. The molecule has 4 heteroatoms. The Morgan fingerprint density at radius 1 is 1.19 bits per heavy atom. The van der Waals surface area contributed by atoms with E-state index in [4.69, 9.17) is 11.6 Å². The second kappa shape index (κ2) is 7.81. The summed E-state index contributed by atoms with van der Waals surface area (Å²) in [5.74, 6) is 0. The Labute approximate surface area is 130 Å². The SMILES string of the molecule is CC(O)CN(Cc1ccccc1)/N=C\c1cccc(Cl)c1. The molecule has 1 N–H and O–H groups in total. The van der Waals surface area contributed by atoms with Crippen LogP contribution in [0.5, 0.6) is 0 Å². The van der Waals surface area contributed by atoms with Crippen LogP contribution in [0.2, 0.25) is 5.02 Å². The minimum absolute atomic E-state index is 0.440. The molecule has 2 rings (SSSR count). The van der Waals surface area contributed by atoms with Crippen molar-refractivity contribution in [1.82, 2.24) is 5.01 Å². The molecule has 1 unspecified atom stereocenters. The fraction of sp³-hybridized carbons (Fsp3) is 0.235. The van der Waals surface area contributed by atoms with Crippen LogP contribution in [-0.2, 0) is 6.54 Å². The highest BCUT2D eigenvalue weighted by atomic mass is 35.5. The third-order valence-corrected chi connectivity index (χ3v) is 3.14. The van der Waals surface area contributed by atoms with Gasteiger partial charge in [-0.3, -0.25) is 5.01 Å². The average Bonchev–Trinajstić information content (AvgIpc) is 2.45. The first-order valence-electron chi connectivity index (χ1n) is 6.90. The van der Waals surface area contributed by atoms with Gasteiger partial charge in [0.2, 0.25) is 0 Å². The number of hydrazone groups is 1. The predicted molar refractivity (Wildman–Crippen MR) is 87.6 cm³/mol. The summed E-state index contributed by atoms with van der Waals surface area (Å²) in [6.45, 7) is 2.89. The maximum atomic E-state index is 9.61. The maximum Gasteiger partial charge on any atom is 0.0703 e. The molecule has 110 valence electrons. The quantitative estimate of drug-likeness (QED) is 0.654. The standard InChI is InChI=1S/C17H19ClN2O/c1-14(21)12-20(13-15-6-3-2-4-7-15)19-11-16-8-5-9-17(18)10-16/h2-11,14,21H,12-13H2,1H3/b19-11-. The number of benzene rings is 2. The fourth-order valence-electron chi connectivity index (χ4n) is 1.99. The molecule has 0 amide bonds. The van der Waals surface area contributed by atoms with Gasteiger partial charge in [0, 0.05) is 5.02 Å². The largest absolute Gasteiger partial charge is 0.392 e. The molecular weight excluding hydrogens is 284 g/mol. The number of hydrogen-bond acceptors (Lipinski definition) is 3. The Morgan fingerprint density at radius 3 is 2.62 bits per heavy atom. The van der Waals surface area contributed by atoms with E-state index in [1.54, 1.807) is 13.1 Å². The van der Waals surface area contributed by atoms with E-state index in [0.29, 0.717) is 18.1 Å². The van der Waals surface area contributed by atoms with Crippen molar-refractivity contribution in [3.63, 3.8) is 0 Å². The lowest BCUT2D eigenvalue weighted by molar-refractivity contribution is 0.125. The third kappa shape index (κ3) is 5.58. The van der Waals surface area contributed by atoms with Crippen LogP contribution in [0.4, 0.5) is 0 Å². The van der Waals surface area contributed by atoms with Gasteiger partial charge in [-0.1, -0.05) is 54.1 Å². The van der Waals surface area contributed by atoms with E-state index < -0.39 is 6.10 Å². The van der Waals surface area contributed by atoms with Crippen LogP contribution in [0, 0.1) is 0 Å². The summed E-state index contributed by atoms with van der Waals surface area (Å²) in [5.41, 5.74) is 2.09. The van der Waals surface area contributed by atoms with Crippen LogP contribution in [0.25, 0.3) is 0 Å². The van der Waals surface area contributed by atoms with Crippen molar-refractivity contribution in [3.8, 4) is 0 Å². The topological polar surface area (TPSA) is 35.8 Å². The molecule has 0 aliphatic heterocycles. The Hall–Kier alpha value is -1.84. The summed E-state index contributed by atoms with van der Waals surface area (Å²) in [7, 11) is 0. The minimum atomic E-state index is -0.440. The molecule has 0 heterocycles. The molecule has 0 saturated carbocycles. The van der Waals surface area contributed by atoms with Gasteiger partial charge in [-0.05, 0) is 30.2 Å². The molecule has 0 saturated heterocycles. The minimum Gasteiger partial charge on any atom is -0.392 e.